The second-order valence-electron chi connectivity index (χ2n) is 7.55. The molecule has 4 aromatic heterocycles. The smallest absolute Gasteiger partial charge is 0.154 e. The van der Waals surface area contributed by atoms with Gasteiger partial charge in [0.25, 0.3) is 0 Å². The average molecular weight is 371 g/mol. The van der Waals surface area contributed by atoms with E-state index in [-0.39, 0.29) is 0 Å². The maximum absolute atomic E-state index is 4.72. The van der Waals surface area contributed by atoms with Gasteiger partial charge in [-0.05, 0) is 48.6 Å². The van der Waals surface area contributed by atoms with Crippen LogP contribution in [-0.4, -0.2) is 29.9 Å². The molecule has 0 spiro atoms. The Balaban J connectivity index is 1.45. The number of nitrogens with zero attached hydrogens (tertiary/aromatic N) is 6. The van der Waals surface area contributed by atoms with Gasteiger partial charge < -0.3 is 5.32 Å². The fraction of sp³-hybridized carbons (Fsp3) is 0.286. The van der Waals surface area contributed by atoms with Crippen LogP contribution in [0.5, 0.6) is 0 Å². The summed E-state index contributed by atoms with van der Waals surface area (Å²) in [6, 6.07) is 8.49. The highest BCUT2D eigenvalue weighted by atomic mass is 15.3. The van der Waals surface area contributed by atoms with E-state index in [2.05, 4.69) is 51.7 Å². The molecule has 140 valence electrons. The van der Waals surface area contributed by atoms with Gasteiger partial charge in [-0.15, -0.1) is 5.10 Å². The molecular formula is C21H21N7. The van der Waals surface area contributed by atoms with E-state index in [4.69, 9.17) is 4.98 Å². The molecule has 1 fully saturated rings. The topological polar surface area (TPSA) is 81.4 Å². The fourth-order valence-corrected chi connectivity index (χ4v) is 3.15. The molecular weight excluding hydrogens is 350 g/mol. The highest BCUT2D eigenvalue weighted by Crippen LogP contribution is 2.35. The van der Waals surface area contributed by atoms with Crippen molar-refractivity contribution in [1.29, 1.82) is 0 Å². The van der Waals surface area contributed by atoms with E-state index in [1.807, 2.05) is 35.3 Å². The average Bonchev–Trinajstić information content (AvgIpc) is 3.44. The van der Waals surface area contributed by atoms with E-state index < -0.39 is 0 Å². The van der Waals surface area contributed by atoms with E-state index >= 15 is 0 Å². The van der Waals surface area contributed by atoms with Crippen LogP contribution in [0, 0.1) is 0 Å². The highest BCUT2D eigenvalue weighted by molar-refractivity contribution is 5.81. The first-order valence-corrected chi connectivity index (χ1v) is 9.57. The highest BCUT2D eigenvalue weighted by Gasteiger charge is 2.24. The zero-order chi connectivity index (χ0) is 19.1. The van der Waals surface area contributed by atoms with E-state index in [1.165, 1.54) is 12.8 Å². The lowest BCUT2D eigenvalue weighted by Crippen LogP contribution is -2.00. The van der Waals surface area contributed by atoms with Gasteiger partial charge in [-0.3, -0.25) is 9.67 Å². The number of anilines is 2. The molecule has 0 radical (unpaired) electrons. The van der Waals surface area contributed by atoms with Crippen LogP contribution in [0.25, 0.3) is 22.2 Å². The third kappa shape index (κ3) is 3.31. The summed E-state index contributed by atoms with van der Waals surface area (Å²) < 4.78 is 2.05. The minimum Gasteiger partial charge on any atom is -0.323 e. The molecule has 0 bridgehead atoms. The summed E-state index contributed by atoms with van der Waals surface area (Å²) in [6.45, 7) is 4.27. The Morgan fingerprint density at radius 2 is 1.89 bits per heavy atom. The molecule has 4 aromatic rings. The number of hydrogen-bond donors (Lipinski definition) is 1. The van der Waals surface area contributed by atoms with Crippen molar-refractivity contribution in [3.05, 3.63) is 54.6 Å². The second kappa shape index (κ2) is 6.67. The summed E-state index contributed by atoms with van der Waals surface area (Å²) in [7, 11) is 0. The maximum Gasteiger partial charge on any atom is 0.154 e. The number of aromatic nitrogens is 6. The van der Waals surface area contributed by atoms with E-state index in [9.17, 15) is 0 Å². The molecule has 0 amide bonds. The van der Waals surface area contributed by atoms with Gasteiger partial charge in [-0.2, -0.15) is 10.2 Å². The number of rotatable bonds is 5. The third-order valence-corrected chi connectivity index (χ3v) is 4.99. The number of nitrogens with one attached hydrogen (secondary N) is 1. The zero-order valence-electron chi connectivity index (χ0n) is 15.9. The third-order valence-electron chi connectivity index (χ3n) is 4.99. The Labute approximate surface area is 162 Å². The summed E-state index contributed by atoms with van der Waals surface area (Å²) >= 11 is 0. The van der Waals surface area contributed by atoms with Gasteiger partial charge in [-0.1, -0.05) is 13.8 Å². The lowest BCUT2D eigenvalue weighted by molar-refractivity contribution is 0.642. The van der Waals surface area contributed by atoms with Crippen molar-refractivity contribution in [3.8, 4) is 11.1 Å². The maximum atomic E-state index is 4.72. The van der Waals surface area contributed by atoms with Gasteiger partial charge in [0.05, 0.1) is 29.5 Å². The van der Waals surface area contributed by atoms with Crippen LogP contribution in [0.4, 0.5) is 11.6 Å². The first-order chi connectivity index (χ1) is 13.7. The van der Waals surface area contributed by atoms with Gasteiger partial charge in [0, 0.05) is 23.5 Å². The number of pyridine rings is 2. The summed E-state index contributed by atoms with van der Waals surface area (Å²) in [5.74, 6) is 1.80. The molecule has 1 aliphatic rings. The summed E-state index contributed by atoms with van der Waals surface area (Å²) in [6.07, 6.45) is 10.1. The molecule has 7 nitrogen and oxygen atoms in total. The Kier molecular flexibility index (Phi) is 4.00. The van der Waals surface area contributed by atoms with Crippen LogP contribution in [0.2, 0.25) is 0 Å². The molecule has 5 rings (SSSR count). The molecule has 1 saturated carbocycles. The molecule has 0 unspecified atom stereocenters. The van der Waals surface area contributed by atoms with E-state index in [1.54, 1.807) is 6.20 Å². The van der Waals surface area contributed by atoms with Crippen LogP contribution in [0.1, 0.15) is 44.2 Å². The Hall–Kier alpha value is -3.35. The normalized spacial score (nSPS) is 14.0. The standard InChI is InChI=1S/C21H21N7/c1-13(2)14-8-21(27-23-10-14)26-20-6-5-18-19(25-20)7-15(9-22-18)16-11-24-28(12-16)17-3-4-17/h5-13,17H,3-4H2,1-2H3,(H,25,26,27). The lowest BCUT2D eigenvalue weighted by atomic mass is 10.1. The van der Waals surface area contributed by atoms with Crippen LogP contribution in [0.3, 0.4) is 0 Å². The molecule has 0 saturated heterocycles. The predicted octanol–water partition coefficient (Wildman–Crippen LogP) is 4.49. The summed E-state index contributed by atoms with van der Waals surface area (Å²) in [5, 5.41) is 16.0. The fourth-order valence-electron chi connectivity index (χ4n) is 3.15. The van der Waals surface area contributed by atoms with Gasteiger partial charge >= 0.3 is 0 Å². The van der Waals surface area contributed by atoms with Gasteiger partial charge in [0.15, 0.2) is 5.82 Å². The van der Waals surface area contributed by atoms with Crippen LogP contribution in [-0.2, 0) is 0 Å². The van der Waals surface area contributed by atoms with Crippen molar-refractivity contribution >= 4 is 22.7 Å². The number of fused-ring (bicyclic) bond motifs is 1. The van der Waals surface area contributed by atoms with Crippen molar-refractivity contribution in [2.75, 3.05) is 5.32 Å². The van der Waals surface area contributed by atoms with Crippen LogP contribution < -0.4 is 5.32 Å². The Bertz CT molecular complexity index is 1140. The first-order valence-electron chi connectivity index (χ1n) is 9.57. The monoisotopic (exact) mass is 371 g/mol. The Morgan fingerprint density at radius 3 is 2.71 bits per heavy atom. The van der Waals surface area contributed by atoms with Gasteiger partial charge in [-0.25, -0.2) is 4.98 Å². The van der Waals surface area contributed by atoms with Crippen molar-refractivity contribution in [2.24, 2.45) is 0 Å². The molecule has 28 heavy (non-hydrogen) atoms. The quantitative estimate of drug-likeness (QED) is 0.557. The van der Waals surface area contributed by atoms with Crippen molar-refractivity contribution in [2.45, 2.75) is 38.6 Å². The minimum atomic E-state index is 0.393. The van der Waals surface area contributed by atoms with Gasteiger partial charge in [0.2, 0.25) is 0 Å². The lowest BCUT2D eigenvalue weighted by Gasteiger charge is -2.09. The summed E-state index contributed by atoms with van der Waals surface area (Å²) in [5.41, 5.74) is 4.90. The van der Waals surface area contributed by atoms with Gasteiger partial charge in [0.1, 0.15) is 5.82 Å². The molecule has 0 aromatic carbocycles. The molecule has 0 atom stereocenters. The summed E-state index contributed by atoms with van der Waals surface area (Å²) in [4.78, 5) is 9.27. The second-order valence-corrected chi connectivity index (χ2v) is 7.55. The van der Waals surface area contributed by atoms with Crippen LogP contribution >= 0.6 is 0 Å². The molecule has 7 heteroatoms. The van der Waals surface area contributed by atoms with Crippen molar-refractivity contribution < 1.29 is 0 Å². The molecule has 1 aliphatic carbocycles. The first kappa shape index (κ1) is 16.8. The van der Waals surface area contributed by atoms with Crippen molar-refractivity contribution in [1.82, 2.24) is 29.9 Å². The SMILES string of the molecule is CC(C)c1cnnc(Nc2ccc3ncc(-c4cnn(C5CC5)c4)cc3n2)c1. The van der Waals surface area contributed by atoms with Crippen molar-refractivity contribution in [3.63, 3.8) is 0 Å². The zero-order valence-corrected chi connectivity index (χ0v) is 15.9. The molecule has 1 N–H and O–H groups in total. The minimum absolute atomic E-state index is 0.393. The van der Waals surface area contributed by atoms with E-state index in [0.29, 0.717) is 17.8 Å². The number of hydrogen-bond acceptors (Lipinski definition) is 6. The largest absolute Gasteiger partial charge is 0.323 e. The van der Waals surface area contributed by atoms with E-state index in [0.717, 1.165) is 33.5 Å². The molecule has 0 aliphatic heterocycles. The predicted molar refractivity (Wildman–Crippen MR) is 108 cm³/mol. The Morgan fingerprint density at radius 1 is 1.00 bits per heavy atom. The molecule has 4 heterocycles. The van der Waals surface area contributed by atoms with Crippen LogP contribution in [0.15, 0.2) is 49.1 Å².